The molecule has 38 heavy (non-hydrogen) atoms. The number of hydrogen-bond donors (Lipinski definition) is 1. The summed E-state index contributed by atoms with van der Waals surface area (Å²) in [6, 6.07) is 10.8. The Kier molecular flexibility index (Phi) is 10.7. The fraction of sp³-hybridized carbons (Fsp3) is 0.481. The van der Waals surface area contributed by atoms with E-state index in [4.69, 9.17) is 27.9 Å². The number of carbonyl (C=O) groups is 2. The smallest absolute Gasteiger partial charge is 0.244 e. The van der Waals surface area contributed by atoms with Gasteiger partial charge in [0.05, 0.1) is 28.6 Å². The predicted molar refractivity (Wildman–Crippen MR) is 151 cm³/mol. The number of rotatable bonds is 11. The first-order chi connectivity index (χ1) is 18.0. The molecular weight excluding hydrogens is 549 g/mol. The second kappa shape index (κ2) is 13.5. The molecule has 2 aromatic rings. The number of benzene rings is 2. The molecule has 1 fully saturated rings. The summed E-state index contributed by atoms with van der Waals surface area (Å²) in [7, 11) is -3.87. The van der Waals surface area contributed by atoms with E-state index in [0.29, 0.717) is 28.0 Å². The summed E-state index contributed by atoms with van der Waals surface area (Å²) in [6.45, 7) is 3.29. The maximum Gasteiger partial charge on any atom is 0.244 e. The first kappa shape index (κ1) is 30.1. The van der Waals surface area contributed by atoms with E-state index in [0.717, 1.165) is 42.7 Å². The van der Waals surface area contributed by atoms with Crippen LogP contribution in [-0.2, 0) is 26.2 Å². The molecule has 1 aliphatic carbocycles. The van der Waals surface area contributed by atoms with Gasteiger partial charge in [0.15, 0.2) is 0 Å². The average molecular weight is 585 g/mol. The van der Waals surface area contributed by atoms with Crippen molar-refractivity contribution < 1.29 is 22.7 Å². The van der Waals surface area contributed by atoms with Crippen LogP contribution in [-0.4, -0.2) is 56.6 Å². The SMILES string of the molecule is CCOc1ccccc1N(CC(=O)N(Cc1ccc(Cl)c(Cl)c1)[C@@H](C)C(=O)NC1CCCCC1)S(C)(=O)=O. The van der Waals surface area contributed by atoms with Gasteiger partial charge in [-0.05, 0) is 56.5 Å². The minimum Gasteiger partial charge on any atom is -0.492 e. The number of ether oxygens (including phenoxy) is 1. The fourth-order valence-corrected chi connectivity index (χ4v) is 5.70. The number of amides is 2. The van der Waals surface area contributed by atoms with Gasteiger partial charge in [-0.25, -0.2) is 8.42 Å². The molecule has 1 N–H and O–H groups in total. The highest BCUT2D eigenvalue weighted by Gasteiger charge is 2.32. The van der Waals surface area contributed by atoms with Crippen LogP contribution in [0.25, 0.3) is 0 Å². The zero-order chi connectivity index (χ0) is 27.9. The summed E-state index contributed by atoms with van der Waals surface area (Å²) < 4.78 is 32.3. The van der Waals surface area contributed by atoms with Crippen molar-refractivity contribution in [1.82, 2.24) is 10.2 Å². The molecular formula is C27H35Cl2N3O5S. The first-order valence-electron chi connectivity index (χ1n) is 12.7. The molecule has 2 aromatic carbocycles. The van der Waals surface area contributed by atoms with Crippen molar-refractivity contribution in [2.24, 2.45) is 0 Å². The third-order valence-electron chi connectivity index (χ3n) is 6.57. The van der Waals surface area contributed by atoms with Crippen LogP contribution in [0.1, 0.15) is 51.5 Å². The maximum atomic E-state index is 13.8. The molecule has 1 atom stereocenters. The molecule has 0 radical (unpaired) electrons. The number of sulfonamides is 1. The molecule has 0 saturated heterocycles. The van der Waals surface area contributed by atoms with Crippen molar-refractivity contribution >= 4 is 50.7 Å². The Labute approximate surface area is 235 Å². The van der Waals surface area contributed by atoms with E-state index >= 15 is 0 Å². The van der Waals surface area contributed by atoms with Crippen LogP contribution in [0.3, 0.4) is 0 Å². The standard InChI is InChI=1S/C27H35Cl2N3O5S/c1-4-37-25-13-9-8-12-24(25)32(38(3,35)36)18-26(33)31(17-20-14-15-22(28)23(29)16-20)19(2)27(34)30-21-10-6-5-7-11-21/h8-9,12-16,19,21H,4-7,10-11,17-18H2,1-3H3,(H,30,34)/t19-/m0/s1. The average Bonchev–Trinajstić information content (AvgIpc) is 2.88. The zero-order valence-electron chi connectivity index (χ0n) is 22.0. The third-order valence-corrected chi connectivity index (χ3v) is 8.43. The van der Waals surface area contributed by atoms with Crippen LogP contribution in [0.4, 0.5) is 5.69 Å². The molecule has 2 amide bonds. The lowest BCUT2D eigenvalue weighted by Crippen LogP contribution is -2.53. The maximum absolute atomic E-state index is 13.8. The lowest BCUT2D eigenvalue weighted by molar-refractivity contribution is -0.139. The van der Waals surface area contributed by atoms with Crippen molar-refractivity contribution in [1.29, 1.82) is 0 Å². The lowest BCUT2D eigenvalue weighted by Gasteiger charge is -2.33. The molecule has 0 aromatic heterocycles. The number of nitrogens with zero attached hydrogens (tertiary/aromatic N) is 2. The number of carbonyl (C=O) groups excluding carboxylic acids is 2. The summed E-state index contributed by atoms with van der Waals surface area (Å²) >= 11 is 12.3. The van der Waals surface area contributed by atoms with Crippen molar-refractivity contribution in [3.63, 3.8) is 0 Å². The van der Waals surface area contributed by atoms with E-state index in [1.54, 1.807) is 56.3 Å². The van der Waals surface area contributed by atoms with Gasteiger partial charge < -0.3 is 15.0 Å². The van der Waals surface area contributed by atoms with Gasteiger partial charge in [-0.3, -0.25) is 13.9 Å². The summed E-state index contributed by atoms with van der Waals surface area (Å²) in [5.41, 5.74) is 0.907. The minimum absolute atomic E-state index is 0.0414. The van der Waals surface area contributed by atoms with Gasteiger partial charge >= 0.3 is 0 Å². The number of para-hydroxylation sites is 2. The molecule has 1 aliphatic rings. The quantitative estimate of drug-likeness (QED) is 0.400. The van der Waals surface area contributed by atoms with Crippen LogP contribution in [0.2, 0.25) is 10.0 Å². The Balaban J connectivity index is 1.92. The minimum atomic E-state index is -3.87. The van der Waals surface area contributed by atoms with Crippen LogP contribution >= 0.6 is 23.2 Å². The molecule has 11 heteroatoms. The van der Waals surface area contributed by atoms with E-state index in [2.05, 4.69) is 5.32 Å². The largest absolute Gasteiger partial charge is 0.492 e. The van der Waals surface area contributed by atoms with Gasteiger partial charge in [0, 0.05) is 12.6 Å². The van der Waals surface area contributed by atoms with Crippen LogP contribution in [0.15, 0.2) is 42.5 Å². The van der Waals surface area contributed by atoms with Gasteiger partial charge in [0.25, 0.3) is 0 Å². The van der Waals surface area contributed by atoms with Gasteiger partial charge in [-0.2, -0.15) is 0 Å². The fourth-order valence-electron chi connectivity index (χ4n) is 4.52. The normalized spacial score (nSPS) is 15.0. The second-order valence-corrected chi connectivity index (χ2v) is 12.2. The van der Waals surface area contributed by atoms with Gasteiger partial charge in [-0.15, -0.1) is 0 Å². The Bertz CT molecular complexity index is 1230. The van der Waals surface area contributed by atoms with Crippen LogP contribution < -0.4 is 14.4 Å². The van der Waals surface area contributed by atoms with Gasteiger partial charge in [0.1, 0.15) is 18.3 Å². The Morgan fingerprint density at radius 2 is 1.76 bits per heavy atom. The van der Waals surface area contributed by atoms with Crippen LogP contribution in [0.5, 0.6) is 5.75 Å². The van der Waals surface area contributed by atoms with Crippen molar-refractivity contribution in [3.8, 4) is 5.75 Å². The topological polar surface area (TPSA) is 96.0 Å². The van der Waals surface area contributed by atoms with E-state index in [1.807, 2.05) is 0 Å². The Hall–Kier alpha value is -2.49. The molecule has 0 bridgehead atoms. The number of anilines is 1. The Morgan fingerprint density at radius 3 is 2.39 bits per heavy atom. The van der Waals surface area contributed by atoms with Gasteiger partial charge in [-0.1, -0.05) is 60.7 Å². The highest BCUT2D eigenvalue weighted by atomic mass is 35.5. The van der Waals surface area contributed by atoms with E-state index < -0.39 is 28.5 Å². The molecule has 0 heterocycles. The predicted octanol–water partition coefficient (Wildman–Crippen LogP) is 5.02. The van der Waals surface area contributed by atoms with Crippen molar-refractivity contribution in [3.05, 3.63) is 58.1 Å². The summed E-state index contributed by atoms with van der Waals surface area (Å²) in [4.78, 5) is 28.4. The molecule has 208 valence electrons. The monoisotopic (exact) mass is 583 g/mol. The molecule has 0 spiro atoms. The summed E-state index contributed by atoms with van der Waals surface area (Å²) in [5, 5.41) is 3.76. The summed E-state index contributed by atoms with van der Waals surface area (Å²) in [6.07, 6.45) is 6.08. The summed E-state index contributed by atoms with van der Waals surface area (Å²) in [5.74, 6) is -0.489. The van der Waals surface area contributed by atoms with E-state index in [-0.39, 0.29) is 24.2 Å². The lowest BCUT2D eigenvalue weighted by atomic mass is 9.95. The molecule has 1 saturated carbocycles. The van der Waals surface area contributed by atoms with Crippen molar-refractivity contribution in [2.45, 2.75) is 64.6 Å². The van der Waals surface area contributed by atoms with Crippen molar-refractivity contribution in [2.75, 3.05) is 23.7 Å². The van der Waals surface area contributed by atoms with Gasteiger partial charge in [0.2, 0.25) is 21.8 Å². The molecule has 8 nitrogen and oxygen atoms in total. The van der Waals surface area contributed by atoms with E-state index in [9.17, 15) is 18.0 Å². The third kappa shape index (κ3) is 8.01. The Morgan fingerprint density at radius 1 is 1.08 bits per heavy atom. The number of nitrogens with one attached hydrogen (secondary N) is 1. The zero-order valence-corrected chi connectivity index (χ0v) is 24.3. The first-order valence-corrected chi connectivity index (χ1v) is 15.3. The molecule has 3 rings (SSSR count). The number of halogens is 2. The van der Waals surface area contributed by atoms with Crippen LogP contribution in [0, 0.1) is 0 Å². The second-order valence-electron chi connectivity index (χ2n) is 9.46. The highest BCUT2D eigenvalue weighted by Crippen LogP contribution is 2.30. The highest BCUT2D eigenvalue weighted by molar-refractivity contribution is 7.92. The molecule has 0 aliphatic heterocycles. The number of hydrogen-bond acceptors (Lipinski definition) is 5. The molecule has 0 unspecified atom stereocenters. The van der Waals surface area contributed by atoms with E-state index in [1.165, 1.54) is 4.90 Å².